The Balaban J connectivity index is 1.75. The fourth-order valence-corrected chi connectivity index (χ4v) is 2.23. The molecule has 142 valence electrons. The lowest BCUT2D eigenvalue weighted by Gasteiger charge is -2.14. The first-order valence-electron chi connectivity index (χ1n) is 8.66. The van der Waals surface area contributed by atoms with E-state index in [9.17, 15) is 14.4 Å². The number of hydrogen-bond acceptors (Lipinski definition) is 5. The average Bonchev–Trinajstić information content (AvgIpc) is 2.63. The predicted molar refractivity (Wildman–Crippen MR) is 102 cm³/mol. The van der Waals surface area contributed by atoms with Gasteiger partial charge in [0.05, 0.1) is 13.0 Å². The summed E-state index contributed by atoms with van der Waals surface area (Å²) in [4.78, 5) is 35.2. The third kappa shape index (κ3) is 6.58. The van der Waals surface area contributed by atoms with Crippen molar-refractivity contribution in [2.45, 2.75) is 33.3 Å². The maximum Gasteiger partial charge on any atom is 0.310 e. The standard InChI is InChI=1S/C21H23NO5/c1-14-4-10-19(11-5-14)26-13-12-20(24)27-16(3)21(25)22-18-8-6-17(7-9-18)15(2)23/h4-11,16H,12-13H2,1-3H3,(H,22,25). The van der Waals surface area contributed by atoms with E-state index in [4.69, 9.17) is 9.47 Å². The molecular formula is C21H23NO5. The van der Waals surface area contributed by atoms with Crippen LogP contribution in [0.2, 0.25) is 0 Å². The number of Topliss-reactive ketones (excluding diaryl/α,β-unsaturated/α-hetero) is 1. The molecule has 2 aromatic rings. The van der Waals surface area contributed by atoms with Gasteiger partial charge >= 0.3 is 5.97 Å². The molecule has 1 unspecified atom stereocenters. The molecule has 0 fully saturated rings. The summed E-state index contributed by atoms with van der Waals surface area (Å²) < 4.78 is 10.6. The fraction of sp³-hybridized carbons (Fsp3) is 0.286. The minimum atomic E-state index is -0.940. The Morgan fingerprint density at radius 3 is 2.22 bits per heavy atom. The normalized spacial score (nSPS) is 11.4. The zero-order chi connectivity index (χ0) is 19.8. The van der Waals surface area contributed by atoms with Crippen LogP contribution < -0.4 is 10.1 Å². The second-order valence-electron chi connectivity index (χ2n) is 6.17. The topological polar surface area (TPSA) is 81.7 Å². The van der Waals surface area contributed by atoms with Crippen LogP contribution in [0.15, 0.2) is 48.5 Å². The Bertz CT molecular complexity index is 796. The van der Waals surface area contributed by atoms with Gasteiger partial charge in [-0.1, -0.05) is 17.7 Å². The van der Waals surface area contributed by atoms with Crippen LogP contribution in [0, 0.1) is 6.92 Å². The number of aryl methyl sites for hydroxylation is 1. The molecule has 0 aliphatic carbocycles. The van der Waals surface area contributed by atoms with Crippen molar-refractivity contribution >= 4 is 23.3 Å². The second-order valence-corrected chi connectivity index (χ2v) is 6.17. The van der Waals surface area contributed by atoms with Crippen LogP contribution in [-0.2, 0) is 14.3 Å². The summed E-state index contributed by atoms with van der Waals surface area (Å²) >= 11 is 0. The highest BCUT2D eigenvalue weighted by Gasteiger charge is 2.18. The first kappa shape index (κ1) is 20.2. The van der Waals surface area contributed by atoms with E-state index in [2.05, 4.69) is 5.32 Å². The Kier molecular flexibility index (Phi) is 7.11. The Labute approximate surface area is 158 Å². The summed E-state index contributed by atoms with van der Waals surface area (Å²) in [5, 5.41) is 2.64. The highest BCUT2D eigenvalue weighted by molar-refractivity contribution is 5.97. The third-order valence-electron chi connectivity index (χ3n) is 3.83. The van der Waals surface area contributed by atoms with Crippen molar-refractivity contribution < 1.29 is 23.9 Å². The van der Waals surface area contributed by atoms with Gasteiger partial charge in [0.1, 0.15) is 5.75 Å². The average molecular weight is 369 g/mol. The molecule has 1 atom stereocenters. The number of rotatable bonds is 8. The zero-order valence-corrected chi connectivity index (χ0v) is 15.7. The molecular weight excluding hydrogens is 346 g/mol. The van der Waals surface area contributed by atoms with Crippen molar-refractivity contribution in [1.82, 2.24) is 0 Å². The van der Waals surface area contributed by atoms with Gasteiger partial charge in [-0.3, -0.25) is 14.4 Å². The van der Waals surface area contributed by atoms with Gasteiger partial charge in [0.2, 0.25) is 0 Å². The molecule has 1 amide bonds. The SMILES string of the molecule is CC(=O)c1ccc(NC(=O)C(C)OC(=O)CCOc2ccc(C)cc2)cc1. The van der Waals surface area contributed by atoms with Crippen molar-refractivity contribution in [2.75, 3.05) is 11.9 Å². The van der Waals surface area contributed by atoms with Crippen LogP contribution in [0.1, 0.15) is 36.2 Å². The second kappa shape index (κ2) is 9.52. The van der Waals surface area contributed by atoms with E-state index in [1.807, 2.05) is 31.2 Å². The highest BCUT2D eigenvalue weighted by Crippen LogP contribution is 2.13. The minimum absolute atomic E-state index is 0.0405. The summed E-state index contributed by atoms with van der Waals surface area (Å²) in [6.07, 6.45) is -0.900. The zero-order valence-electron chi connectivity index (χ0n) is 15.7. The molecule has 6 nitrogen and oxygen atoms in total. The van der Waals surface area contributed by atoms with Gasteiger partial charge in [0.15, 0.2) is 11.9 Å². The molecule has 1 N–H and O–H groups in total. The lowest BCUT2D eigenvalue weighted by molar-refractivity contribution is -0.153. The van der Waals surface area contributed by atoms with Crippen molar-refractivity contribution in [1.29, 1.82) is 0 Å². The van der Waals surface area contributed by atoms with Gasteiger partial charge in [-0.15, -0.1) is 0 Å². The molecule has 6 heteroatoms. The highest BCUT2D eigenvalue weighted by atomic mass is 16.5. The van der Waals surface area contributed by atoms with E-state index in [0.717, 1.165) is 5.56 Å². The van der Waals surface area contributed by atoms with Crippen molar-refractivity contribution in [3.05, 3.63) is 59.7 Å². The number of ketones is 1. The number of carbonyl (C=O) groups is 3. The lowest BCUT2D eigenvalue weighted by atomic mass is 10.1. The van der Waals surface area contributed by atoms with Crippen molar-refractivity contribution in [3.8, 4) is 5.75 Å². The summed E-state index contributed by atoms with van der Waals surface area (Å²) in [6, 6.07) is 14.0. The number of amides is 1. The first-order chi connectivity index (χ1) is 12.8. The molecule has 2 rings (SSSR count). The van der Waals surface area contributed by atoms with Crippen molar-refractivity contribution in [2.24, 2.45) is 0 Å². The lowest BCUT2D eigenvalue weighted by Crippen LogP contribution is -2.30. The molecule has 0 heterocycles. The van der Waals surface area contributed by atoms with Crippen LogP contribution in [0.4, 0.5) is 5.69 Å². The Hall–Kier alpha value is -3.15. The summed E-state index contributed by atoms with van der Waals surface area (Å²) in [6.45, 7) is 5.11. The largest absolute Gasteiger partial charge is 0.493 e. The molecule has 0 saturated carbocycles. The fourth-order valence-electron chi connectivity index (χ4n) is 2.23. The van der Waals surface area contributed by atoms with E-state index in [1.54, 1.807) is 24.3 Å². The summed E-state index contributed by atoms with van der Waals surface area (Å²) in [5.41, 5.74) is 2.20. The number of esters is 1. The number of anilines is 1. The molecule has 0 bridgehead atoms. The van der Waals surface area contributed by atoms with E-state index < -0.39 is 18.0 Å². The molecule has 2 aromatic carbocycles. The van der Waals surface area contributed by atoms with Gasteiger partial charge in [0.25, 0.3) is 5.91 Å². The summed E-state index contributed by atoms with van der Waals surface area (Å²) in [5.74, 6) is -0.341. The number of carbonyl (C=O) groups excluding carboxylic acids is 3. The van der Waals surface area contributed by atoms with Crippen LogP contribution in [-0.4, -0.2) is 30.4 Å². The molecule has 0 aliphatic heterocycles. The quantitative estimate of drug-likeness (QED) is 0.568. The van der Waals surface area contributed by atoms with Gasteiger partial charge in [-0.25, -0.2) is 0 Å². The summed E-state index contributed by atoms with van der Waals surface area (Å²) in [7, 11) is 0. The number of ether oxygens (including phenoxy) is 2. The molecule has 0 aromatic heterocycles. The van der Waals surface area contributed by atoms with Crippen LogP contribution in [0.3, 0.4) is 0 Å². The van der Waals surface area contributed by atoms with E-state index >= 15 is 0 Å². The van der Waals surface area contributed by atoms with Crippen molar-refractivity contribution in [3.63, 3.8) is 0 Å². The van der Waals surface area contributed by atoms with E-state index in [-0.39, 0.29) is 18.8 Å². The molecule has 27 heavy (non-hydrogen) atoms. The van der Waals surface area contributed by atoms with Crippen LogP contribution in [0.25, 0.3) is 0 Å². The van der Waals surface area contributed by atoms with Crippen LogP contribution in [0.5, 0.6) is 5.75 Å². The Morgan fingerprint density at radius 2 is 1.63 bits per heavy atom. The predicted octanol–water partition coefficient (Wildman–Crippen LogP) is 3.54. The molecule has 0 spiro atoms. The third-order valence-corrected chi connectivity index (χ3v) is 3.83. The Morgan fingerprint density at radius 1 is 1.00 bits per heavy atom. The minimum Gasteiger partial charge on any atom is -0.493 e. The maximum absolute atomic E-state index is 12.1. The number of nitrogens with one attached hydrogen (secondary N) is 1. The monoisotopic (exact) mass is 369 g/mol. The van der Waals surface area contributed by atoms with E-state index in [1.165, 1.54) is 13.8 Å². The van der Waals surface area contributed by atoms with Gasteiger partial charge in [0, 0.05) is 11.3 Å². The number of hydrogen-bond donors (Lipinski definition) is 1. The van der Waals surface area contributed by atoms with Gasteiger partial charge in [-0.05, 0) is 57.2 Å². The molecule has 0 radical (unpaired) electrons. The van der Waals surface area contributed by atoms with Gasteiger partial charge < -0.3 is 14.8 Å². The number of benzene rings is 2. The smallest absolute Gasteiger partial charge is 0.310 e. The molecule has 0 aliphatic rings. The maximum atomic E-state index is 12.1. The first-order valence-corrected chi connectivity index (χ1v) is 8.66. The van der Waals surface area contributed by atoms with E-state index in [0.29, 0.717) is 17.0 Å². The van der Waals surface area contributed by atoms with Crippen LogP contribution >= 0.6 is 0 Å². The van der Waals surface area contributed by atoms with Gasteiger partial charge in [-0.2, -0.15) is 0 Å². The molecule has 0 saturated heterocycles.